The molecule has 1 saturated heterocycles. The van der Waals surface area contributed by atoms with E-state index >= 15 is 0 Å². The highest BCUT2D eigenvalue weighted by atomic mass is 19.3. The molecule has 0 bridgehead atoms. The van der Waals surface area contributed by atoms with Crippen molar-refractivity contribution >= 4 is 34.7 Å². The Bertz CT molecular complexity index is 1590. The van der Waals surface area contributed by atoms with Crippen molar-refractivity contribution in [2.75, 3.05) is 18.8 Å². The molecule has 0 aliphatic carbocycles. The minimum Gasteiger partial charge on any atom is -0.456 e. The molecule has 4 heterocycles. The molecule has 40 heavy (non-hydrogen) atoms. The number of amides is 2. The van der Waals surface area contributed by atoms with Gasteiger partial charge in [0.05, 0.1) is 17.8 Å². The molecule has 3 N–H and O–H groups in total. The Morgan fingerprint density at radius 3 is 2.50 bits per heavy atom. The van der Waals surface area contributed by atoms with Crippen LogP contribution in [0.4, 0.5) is 23.4 Å². The number of nitrogens with zero attached hydrogens (tertiary/aromatic N) is 3. The molecule has 1 fully saturated rings. The number of hydrogen-bond donors (Lipinski definition) is 2. The van der Waals surface area contributed by atoms with Gasteiger partial charge in [0, 0.05) is 55.4 Å². The van der Waals surface area contributed by atoms with E-state index in [2.05, 4.69) is 15.3 Å². The van der Waals surface area contributed by atoms with Crippen molar-refractivity contribution in [2.24, 2.45) is 0 Å². The van der Waals surface area contributed by atoms with Crippen LogP contribution >= 0.6 is 0 Å². The summed E-state index contributed by atoms with van der Waals surface area (Å²) in [4.78, 5) is 34.1. The molecule has 206 valence electrons. The van der Waals surface area contributed by atoms with Gasteiger partial charge in [-0.2, -0.15) is 4.39 Å². The van der Waals surface area contributed by atoms with Crippen molar-refractivity contribution in [1.82, 2.24) is 20.2 Å². The van der Waals surface area contributed by atoms with Gasteiger partial charge in [-0.05, 0) is 48.0 Å². The molecule has 0 saturated carbocycles. The lowest BCUT2D eigenvalue weighted by molar-refractivity contribution is -0.116. The first kappa shape index (κ1) is 26.9. The number of anilines is 1. The molecule has 2 amide bonds. The van der Waals surface area contributed by atoms with E-state index in [-0.39, 0.29) is 53.2 Å². The first-order valence-corrected chi connectivity index (χ1v) is 12.3. The normalized spacial score (nSPS) is 15.1. The smallest absolute Gasteiger partial charge is 0.255 e. The molecular weight excluding hydrogens is 530 g/mol. The first-order valence-electron chi connectivity index (χ1n) is 12.3. The molecule has 1 aromatic carbocycles. The summed E-state index contributed by atoms with van der Waals surface area (Å²) >= 11 is 0. The van der Waals surface area contributed by atoms with E-state index in [1.165, 1.54) is 47.6 Å². The van der Waals surface area contributed by atoms with Crippen LogP contribution in [-0.4, -0.2) is 45.7 Å². The van der Waals surface area contributed by atoms with Gasteiger partial charge >= 0.3 is 0 Å². The van der Waals surface area contributed by atoms with Gasteiger partial charge in [-0.1, -0.05) is 0 Å². The fraction of sp³-hybridized carbons (Fsp3) is 0.214. The van der Waals surface area contributed by atoms with Gasteiger partial charge in [0.1, 0.15) is 11.6 Å². The van der Waals surface area contributed by atoms with Crippen molar-refractivity contribution in [1.29, 1.82) is 0 Å². The van der Waals surface area contributed by atoms with Gasteiger partial charge in [0.2, 0.25) is 11.7 Å². The van der Waals surface area contributed by atoms with Crippen molar-refractivity contribution < 1.29 is 31.6 Å². The molecule has 0 radical (unpaired) electrons. The third-order valence-electron chi connectivity index (χ3n) is 6.48. The predicted molar refractivity (Wildman–Crippen MR) is 139 cm³/mol. The van der Waals surface area contributed by atoms with E-state index in [1.54, 1.807) is 18.2 Å². The minimum atomic E-state index is -2.79. The molecule has 0 atom stereocenters. The average molecular weight is 554 g/mol. The summed E-state index contributed by atoms with van der Waals surface area (Å²) in [5, 5.41) is 2.85. The van der Waals surface area contributed by atoms with Crippen LogP contribution in [0.5, 0.6) is 0 Å². The molecule has 4 aromatic rings. The fourth-order valence-corrected chi connectivity index (χ4v) is 4.27. The van der Waals surface area contributed by atoms with Crippen molar-refractivity contribution in [3.8, 4) is 11.3 Å². The number of furan rings is 1. The number of fused-ring (bicyclic) bond motifs is 1. The first-order chi connectivity index (χ1) is 19.1. The number of carbonyl (C=O) groups is 2. The Kier molecular flexibility index (Phi) is 7.24. The number of benzene rings is 1. The topological polar surface area (TPSA) is 114 Å². The Morgan fingerprint density at radius 1 is 1.05 bits per heavy atom. The number of likely N-dealkylation sites (tertiary alicyclic amines) is 1. The van der Waals surface area contributed by atoms with E-state index in [9.17, 15) is 27.2 Å². The van der Waals surface area contributed by atoms with Crippen LogP contribution in [0.3, 0.4) is 0 Å². The molecular formula is C28H23F4N5O3. The van der Waals surface area contributed by atoms with E-state index in [0.717, 1.165) is 0 Å². The van der Waals surface area contributed by atoms with Crippen molar-refractivity contribution in [3.05, 3.63) is 83.4 Å². The van der Waals surface area contributed by atoms with Crippen LogP contribution in [0.25, 0.3) is 28.3 Å². The van der Waals surface area contributed by atoms with Crippen molar-refractivity contribution in [2.45, 2.75) is 25.3 Å². The second-order valence-corrected chi connectivity index (χ2v) is 9.33. The highest BCUT2D eigenvalue weighted by Gasteiger charge is 2.35. The third kappa shape index (κ3) is 5.80. The zero-order valence-electron chi connectivity index (χ0n) is 21.0. The number of piperidine rings is 1. The Balaban J connectivity index is 1.28. The maximum Gasteiger partial charge on any atom is 0.255 e. The predicted octanol–water partition coefficient (Wildman–Crippen LogP) is 4.95. The fourth-order valence-electron chi connectivity index (χ4n) is 4.27. The van der Waals surface area contributed by atoms with Gasteiger partial charge in [-0.3, -0.25) is 14.6 Å². The summed E-state index contributed by atoms with van der Waals surface area (Å²) in [6.45, 7) is -0.237. The lowest BCUT2D eigenvalue weighted by atomic mass is 10.0. The van der Waals surface area contributed by atoms with Gasteiger partial charge in [0.15, 0.2) is 11.4 Å². The maximum atomic E-state index is 14.9. The van der Waals surface area contributed by atoms with E-state index < -0.39 is 42.2 Å². The number of nitrogen functional groups attached to an aromatic ring is 1. The Morgan fingerprint density at radius 2 is 1.82 bits per heavy atom. The number of halogens is 4. The molecule has 0 unspecified atom stereocenters. The number of carbonyl (C=O) groups excluding carboxylic acids is 2. The quantitative estimate of drug-likeness (QED) is 0.258. The summed E-state index contributed by atoms with van der Waals surface area (Å²) in [6, 6.07) is 8.87. The third-order valence-corrected chi connectivity index (χ3v) is 6.48. The van der Waals surface area contributed by atoms with E-state index in [0.29, 0.717) is 11.4 Å². The number of hydrogen-bond acceptors (Lipinski definition) is 6. The molecule has 0 spiro atoms. The number of nitrogens with one attached hydrogen (secondary N) is 1. The van der Waals surface area contributed by atoms with Crippen LogP contribution < -0.4 is 11.1 Å². The van der Waals surface area contributed by atoms with Gasteiger partial charge < -0.3 is 20.4 Å². The molecule has 3 aromatic heterocycles. The number of nitrogens with two attached hydrogens (primary N) is 1. The summed E-state index contributed by atoms with van der Waals surface area (Å²) in [5.74, 6) is -5.56. The summed E-state index contributed by atoms with van der Waals surface area (Å²) in [6.07, 6.45) is 4.71. The van der Waals surface area contributed by atoms with E-state index in [1.807, 2.05) is 0 Å². The molecule has 12 heteroatoms. The van der Waals surface area contributed by atoms with Gasteiger partial charge in [-0.25, -0.2) is 18.2 Å². The maximum absolute atomic E-state index is 14.9. The highest BCUT2D eigenvalue weighted by molar-refractivity contribution is 5.94. The highest BCUT2D eigenvalue weighted by Crippen LogP contribution is 2.32. The zero-order chi connectivity index (χ0) is 28.4. The SMILES string of the molecule is Nc1ccc(/C=C/C(=O)NCc2cc3cc(-c4ccc(C(=O)N5CCC(F)(F)CC5)cn4)c(F)c(F)c3o2)cn1. The molecule has 5 rings (SSSR count). The zero-order valence-corrected chi connectivity index (χ0v) is 21.0. The molecule has 8 nitrogen and oxygen atoms in total. The van der Waals surface area contributed by atoms with Gasteiger partial charge in [-0.15, -0.1) is 0 Å². The van der Waals surface area contributed by atoms with Crippen molar-refractivity contribution in [3.63, 3.8) is 0 Å². The number of pyridine rings is 2. The lowest BCUT2D eigenvalue weighted by Gasteiger charge is -2.31. The standard InChI is InChI=1S/C28H23F4N5O3/c29-24-20(21-4-3-17(14-34-21)27(39)37-9-7-28(31,32)8-10-37)12-18-11-19(40-26(18)25(24)30)15-36-23(38)6-2-16-1-5-22(33)35-13-16/h1-6,11-14H,7-10,15H2,(H2,33,35)(H,36,38)/b6-2+. The minimum absolute atomic E-state index is 0.0679. The summed E-state index contributed by atoms with van der Waals surface area (Å²) in [5.41, 5.74) is 5.94. The summed E-state index contributed by atoms with van der Waals surface area (Å²) in [7, 11) is 0. The van der Waals surface area contributed by atoms with Gasteiger partial charge in [0.25, 0.3) is 11.8 Å². The lowest BCUT2D eigenvalue weighted by Crippen LogP contribution is -2.42. The second-order valence-electron chi connectivity index (χ2n) is 9.33. The Labute approximate surface area is 225 Å². The molecule has 1 aliphatic heterocycles. The van der Waals surface area contributed by atoms with Crippen LogP contribution in [0.2, 0.25) is 0 Å². The van der Waals surface area contributed by atoms with E-state index in [4.69, 9.17) is 10.2 Å². The molecule has 1 aliphatic rings. The largest absolute Gasteiger partial charge is 0.456 e. The summed E-state index contributed by atoms with van der Waals surface area (Å²) < 4.78 is 62.0. The van der Waals surface area contributed by atoms with Crippen LogP contribution in [0, 0.1) is 11.6 Å². The number of rotatable bonds is 6. The second kappa shape index (κ2) is 10.8. The number of alkyl halides is 2. The van der Waals surface area contributed by atoms with Crippen LogP contribution in [0.15, 0.2) is 59.3 Å². The Hall–Kier alpha value is -4.74. The van der Waals surface area contributed by atoms with Crippen LogP contribution in [0.1, 0.15) is 34.5 Å². The monoisotopic (exact) mass is 553 g/mol. The average Bonchev–Trinajstić information content (AvgIpc) is 3.36. The van der Waals surface area contributed by atoms with Crippen LogP contribution in [-0.2, 0) is 11.3 Å². The number of aromatic nitrogens is 2.